The van der Waals surface area contributed by atoms with Crippen LogP contribution < -0.4 is 15.5 Å². The first-order valence-electron chi connectivity index (χ1n) is 8.91. The lowest BCUT2D eigenvalue weighted by molar-refractivity contribution is 0.254. The lowest BCUT2D eigenvalue weighted by atomic mass is 10.2. The number of benzene rings is 1. The first-order valence-corrected chi connectivity index (χ1v) is 8.91. The molecule has 0 saturated carbocycles. The topological polar surface area (TPSA) is 42.9 Å². The summed E-state index contributed by atoms with van der Waals surface area (Å²) in [6.07, 6.45) is 2.17. The molecular weight excluding hydrogens is 305 g/mol. The third-order valence-electron chi connectivity index (χ3n) is 4.28. The highest BCUT2D eigenvalue weighted by molar-refractivity contribution is 5.79. The van der Waals surface area contributed by atoms with Gasteiger partial charge in [0.15, 0.2) is 5.96 Å². The molecule has 1 aliphatic rings. The van der Waals surface area contributed by atoms with E-state index in [1.807, 2.05) is 12.1 Å². The molecule has 1 heterocycles. The minimum absolute atomic E-state index is 0.124. The van der Waals surface area contributed by atoms with Crippen molar-refractivity contribution in [2.45, 2.75) is 19.8 Å². The number of rotatable bonds is 7. The largest absolute Gasteiger partial charge is 0.367 e. The number of nitrogens with one attached hydrogen (secondary N) is 2. The smallest absolute Gasteiger partial charge is 0.190 e. The van der Waals surface area contributed by atoms with Gasteiger partial charge in [-0.1, -0.05) is 19.1 Å². The third kappa shape index (κ3) is 5.67. The van der Waals surface area contributed by atoms with Crippen LogP contribution in [0.25, 0.3) is 0 Å². The summed E-state index contributed by atoms with van der Waals surface area (Å²) in [5, 5.41) is 6.61. The van der Waals surface area contributed by atoms with Gasteiger partial charge in [0, 0.05) is 46.3 Å². The predicted octanol–water partition coefficient (Wildman–Crippen LogP) is 1.91. The summed E-state index contributed by atoms with van der Waals surface area (Å²) in [5.74, 6) is 0.752. The Hall–Kier alpha value is -1.82. The highest BCUT2D eigenvalue weighted by atomic mass is 19.1. The van der Waals surface area contributed by atoms with E-state index in [-0.39, 0.29) is 5.82 Å². The summed E-state index contributed by atoms with van der Waals surface area (Å²) in [6, 6.07) is 7.04. The first kappa shape index (κ1) is 18.5. The van der Waals surface area contributed by atoms with Crippen molar-refractivity contribution in [1.29, 1.82) is 0 Å². The minimum Gasteiger partial charge on any atom is -0.367 e. The zero-order valence-corrected chi connectivity index (χ0v) is 14.9. The Morgan fingerprint density at radius 3 is 2.50 bits per heavy atom. The molecule has 1 aromatic carbocycles. The van der Waals surface area contributed by atoms with Gasteiger partial charge in [-0.25, -0.2) is 4.39 Å². The Morgan fingerprint density at radius 1 is 1.12 bits per heavy atom. The van der Waals surface area contributed by atoms with E-state index < -0.39 is 0 Å². The molecule has 1 aromatic rings. The fourth-order valence-corrected chi connectivity index (χ4v) is 2.89. The number of hydrogen-bond acceptors (Lipinski definition) is 3. The Morgan fingerprint density at radius 2 is 1.83 bits per heavy atom. The Bertz CT molecular complexity index is 512. The van der Waals surface area contributed by atoms with Crippen molar-refractivity contribution in [3.05, 3.63) is 30.1 Å². The van der Waals surface area contributed by atoms with E-state index in [2.05, 4.69) is 32.3 Å². The molecule has 1 aliphatic heterocycles. The van der Waals surface area contributed by atoms with E-state index in [1.165, 1.54) is 6.07 Å². The fourth-order valence-electron chi connectivity index (χ4n) is 2.89. The van der Waals surface area contributed by atoms with Crippen LogP contribution in [-0.4, -0.2) is 63.7 Å². The van der Waals surface area contributed by atoms with Crippen molar-refractivity contribution >= 4 is 11.6 Å². The molecule has 2 N–H and O–H groups in total. The average Bonchev–Trinajstić information content (AvgIpc) is 2.62. The van der Waals surface area contributed by atoms with E-state index in [1.54, 1.807) is 13.1 Å². The second kappa shape index (κ2) is 10.1. The molecule has 0 atom stereocenters. The van der Waals surface area contributed by atoms with Gasteiger partial charge in [0.2, 0.25) is 0 Å². The van der Waals surface area contributed by atoms with Crippen LogP contribution in [0.2, 0.25) is 0 Å². The van der Waals surface area contributed by atoms with Crippen molar-refractivity contribution in [2.24, 2.45) is 4.99 Å². The van der Waals surface area contributed by atoms with Crippen LogP contribution in [0.3, 0.4) is 0 Å². The van der Waals surface area contributed by atoms with Gasteiger partial charge in [-0.15, -0.1) is 0 Å². The van der Waals surface area contributed by atoms with Crippen molar-refractivity contribution in [1.82, 2.24) is 15.5 Å². The number of guanidine groups is 1. The fraction of sp³-hybridized carbons (Fsp3) is 0.611. The molecule has 0 spiro atoms. The van der Waals surface area contributed by atoms with E-state index in [0.29, 0.717) is 0 Å². The van der Waals surface area contributed by atoms with Gasteiger partial charge in [0.1, 0.15) is 5.82 Å². The van der Waals surface area contributed by atoms with Gasteiger partial charge >= 0.3 is 0 Å². The first-order chi connectivity index (χ1) is 11.7. The van der Waals surface area contributed by atoms with Crippen molar-refractivity contribution < 1.29 is 4.39 Å². The number of halogens is 1. The van der Waals surface area contributed by atoms with Gasteiger partial charge in [-0.2, -0.15) is 0 Å². The lowest BCUT2D eigenvalue weighted by Crippen LogP contribution is -2.47. The molecule has 2 rings (SSSR count). The molecule has 0 unspecified atom stereocenters. The summed E-state index contributed by atoms with van der Waals surface area (Å²) in [4.78, 5) is 8.79. The SMILES string of the molecule is CCCNC(=NC)NCCCN1CCN(c2ccccc2F)CC1. The number of aliphatic imine (C=N–C) groups is 1. The van der Waals surface area contributed by atoms with Crippen LogP contribution in [0.15, 0.2) is 29.3 Å². The molecule has 6 heteroatoms. The number of nitrogens with zero attached hydrogens (tertiary/aromatic N) is 3. The summed E-state index contributed by atoms with van der Waals surface area (Å²) in [5.41, 5.74) is 0.726. The van der Waals surface area contributed by atoms with Crippen LogP contribution >= 0.6 is 0 Å². The Labute approximate surface area is 144 Å². The third-order valence-corrected chi connectivity index (χ3v) is 4.28. The van der Waals surface area contributed by atoms with Crippen LogP contribution in [0, 0.1) is 5.82 Å². The molecule has 0 aromatic heterocycles. The van der Waals surface area contributed by atoms with E-state index in [9.17, 15) is 4.39 Å². The van der Waals surface area contributed by atoms with E-state index >= 15 is 0 Å². The van der Waals surface area contributed by atoms with Crippen molar-refractivity contribution in [2.75, 3.05) is 57.8 Å². The molecule has 134 valence electrons. The van der Waals surface area contributed by atoms with E-state index in [0.717, 1.165) is 70.3 Å². The Kier molecular flexibility index (Phi) is 7.82. The second-order valence-corrected chi connectivity index (χ2v) is 6.06. The summed E-state index contributed by atoms with van der Waals surface area (Å²) < 4.78 is 13.8. The van der Waals surface area contributed by atoms with Gasteiger partial charge < -0.3 is 15.5 Å². The maximum atomic E-state index is 13.8. The maximum absolute atomic E-state index is 13.8. The van der Waals surface area contributed by atoms with Gasteiger partial charge in [0.05, 0.1) is 5.69 Å². The summed E-state index contributed by atoms with van der Waals surface area (Å²) >= 11 is 0. The van der Waals surface area contributed by atoms with Crippen LogP contribution in [0.5, 0.6) is 0 Å². The van der Waals surface area contributed by atoms with Crippen LogP contribution in [0.1, 0.15) is 19.8 Å². The highest BCUT2D eigenvalue weighted by Crippen LogP contribution is 2.20. The summed E-state index contributed by atoms with van der Waals surface area (Å²) in [6.45, 7) is 8.79. The minimum atomic E-state index is -0.124. The standard InChI is InChI=1S/C18H30FN5/c1-3-9-21-18(20-2)22-10-6-11-23-12-14-24(15-13-23)17-8-5-4-7-16(17)19/h4-5,7-8H,3,6,9-15H2,1-2H3,(H2,20,21,22). The predicted molar refractivity (Wildman–Crippen MR) is 99.3 cm³/mol. The van der Waals surface area contributed by atoms with E-state index in [4.69, 9.17) is 0 Å². The molecule has 5 nitrogen and oxygen atoms in total. The van der Waals surface area contributed by atoms with Crippen LogP contribution in [-0.2, 0) is 0 Å². The normalized spacial score (nSPS) is 16.3. The van der Waals surface area contributed by atoms with Crippen molar-refractivity contribution in [3.63, 3.8) is 0 Å². The van der Waals surface area contributed by atoms with Gasteiger partial charge in [-0.05, 0) is 31.5 Å². The zero-order chi connectivity index (χ0) is 17.2. The molecule has 0 radical (unpaired) electrons. The molecule has 1 saturated heterocycles. The molecule has 0 amide bonds. The van der Waals surface area contributed by atoms with Gasteiger partial charge in [0.25, 0.3) is 0 Å². The number of anilines is 1. The quantitative estimate of drug-likeness (QED) is 0.454. The zero-order valence-electron chi connectivity index (χ0n) is 14.9. The highest BCUT2D eigenvalue weighted by Gasteiger charge is 2.18. The Balaban J connectivity index is 1.64. The molecule has 1 fully saturated rings. The number of para-hydroxylation sites is 1. The average molecular weight is 335 g/mol. The second-order valence-electron chi connectivity index (χ2n) is 6.06. The van der Waals surface area contributed by atoms with Crippen LogP contribution in [0.4, 0.5) is 10.1 Å². The molecular formula is C18H30FN5. The summed E-state index contributed by atoms with van der Waals surface area (Å²) in [7, 11) is 1.80. The number of piperazine rings is 1. The number of hydrogen-bond donors (Lipinski definition) is 2. The van der Waals surface area contributed by atoms with Crippen molar-refractivity contribution in [3.8, 4) is 0 Å². The molecule has 0 aliphatic carbocycles. The maximum Gasteiger partial charge on any atom is 0.190 e. The molecule has 0 bridgehead atoms. The lowest BCUT2D eigenvalue weighted by Gasteiger charge is -2.36. The molecule has 24 heavy (non-hydrogen) atoms. The monoisotopic (exact) mass is 335 g/mol. The van der Waals surface area contributed by atoms with Gasteiger partial charge in [-0.3, -0.25) is 9.89 Å².